The van der Waals surface area contributed by atoms with Gasteiger partial charge in [0.2, 0.25) is 11.8 Å². The van der Waals surface area contributed by atoms with E-state index in [0.29, 0.717) is 12.8 Å². The highest BCUT2D eigenvalue weighted by Gasteiger charge is 2.44. The Bertz CT molecular complexity index is 431. The average molecular weight is 346 g/mol. The molecule has 8 heteroatoms. The number of hydrogen-bond donors (Lipinski definition) is 5. The van der Waals surface area contributed by atoms with E-state index in [2.05, 4.69) is 10.6 Å². The second-order valence-corrected chi connectivity index (χ2v) is 6.44. The lowest BCUT2D eigenvalue weighted by atomic mass is 9.95. The fourth-order valence-electron chi connectivity index (χ4n) is 2.32. The van der Waals surface area contributed by atoms with E-state index in [0.717, 1.165) is 0 Å². The number of rotatable bonds is 7. The summed E-state index contributed by atoms with van der Waals surface area (Å²) in [5.41, 5.74) is 0. The first kappa shape index (κ1) is 20.8. The molecule has 5 N–H and O–H groups in total. The Labute approximate surface area is 142 Å². The molecular weight excluding hydrogens is 316 g/mol. The molecule has 1 aliphatic rings. The molecule has 1 heterocycles. The molecule has 0 spiro atoms. The summed E-state index contributed by atoms with van der Waals surface area (Å²) in [5, 5.41) is 35.5. The molecule has 0 bridgehead atoms. The van der Waals surface area contributed by atoms with Crippen LogP contribution in [-0.2, 0) is 14.3 Å². The van der Waals surface area contributed by atoms with Gasteiger partial charge in [0.25, 0.3) is 0 Å². The molecule has 0 aromatic rings. The Balaban J connectivity index is 2.63. The van der Waals surface area contributed by atoms with Crippen LogP contribution >= 0.6 is 0 Å². The van der Waals surface area contributed by atoms with Gasteiger partial charge in [-0.05, 0) is 12.8 Å². The number of nitrogens with one attached hydrogen (secondary N) is 2. The molecule has 7 unspecified atom stereocenters. The predicted molar refractivity (Wildman–Crippen MR) is 86.7 cm³/mol. The summed E-state index contributed by atoms with van der Waals surface area (Å²) in [5.74, 6) is -0.985. The Morgan fingerprint density at radius 3 is 2.08 bits per heavy atom. The topological polar surface area (TPSA) is 128 Å². The molecule has 0 saturated carbocycles. The summed E-state index contributed by atoms with van der Waals surface area (Å²) in [7, 11) is 0. The maximum atomic E-state index is 11.9. The molecular formula is C16H30N2O6. The summed E-state index contributed by atoms with van der Waals surface area (Å²) in [6, 6.07) is -1.12. The molecule has 1 rings (SSSR count). The van der Waals surface area contributed by atoms with Crippen molar-refractivity contribution in [2.24, 2.45) is 11.8 Å². The zero-order valence-electron chi connectivity index (χ0n) is 14.7. The molecule has 0 radical (unpaired) electrons. The maximum Gasteiger partial charge on any atom is 0.223 e. The van der Waals surface area contributed by atoms with E-state index in [4.69, 9.17) is 4.74 Å². The Morgan fingerprint density at radius 2 is 1.54 bits per heavy atom. The van der Waals surface area contributed by atoms with Crippen LogP contribution in [0, 0.1) is 11.8 Å². The van der Waals surface area contributed by atoms with Gasteiger partial charge >= 0.3 is 0 Å². The number of carbonyl (C=O) groups is 2. The molecule has 1 fully saturated rings. The number of carbonyl (C=O) groups excluding carboxylic acids is 2. The van der Waals surface area contributed by atoms with E-state index in [1.807, 2.05) is 13.8 Å². The number of aliphatic hydroxyl groups excluding tert-OH is 3. The molecule has 1 aliphatic heterocycles. The first-order chi connectivity index (χ1) is 11.2. The highest BCUT2D eigenvalue weighted by molar-refractivity contribution is 5.79. The van der Waals surface area contributed by atoms with E-state index in [1.54, 1.807) is 13.8 Å². The van der Waals surface area contributed by atoms with Gasteiger partial charge < -0.3 is 30.7 Å². The Morgan fingerprint density at radius 1 is 1.00 bits per heavy atom. The standard InChI is InChI=1S/C16H30N2O6/c1-5-8(3)14(21)17-7-10-12(19)13(20)11(16(23)24-10)18-15(22)9(4)6-2/h8-13,16,19-20,23H,5-7H2,1-4H3,(H,17,21)(H,18,22). The third-order valence-electron chi connectivity index (χ3n) is 4.63. The summed E-state index contributed by atoms with van der Waals surface area (Å²) in [6.07, 6.45) is -3.88. The minimum absolute atomic E-state index is 0.0372. The first-order valence-electron chi connectivity index (χ1n) is 8.50. The van der Waals surface area contributed by atoms with Crippen LogP contribution in [0.3, 0.4) is 0 Å². The number of amides is 2. The third-order valence-corrected chi connectivity index (χ3v) is 4.63. The Hall–Kier alpha value is -1.22. The molecule has 2 amide bonds. The fourth-order valence-corrected chi connectivity index (χ4v) is 2.32. The van der Waals surface area contributed by atoms with E-state index < -0.39 is 30.6 Å². The normalized spacial score (nSPS) is 32.7. The molecule has 1 saturated heterocycles. The van der Waals surface area contributed by atoms with Crippen molar-refractivity contribution in [1.29, 1.82) is 0 Å². The SMILES string of the molecule is CCC(C)C(=O)NCC1OC(O)C(NC(=O)C(C)CC)C(O)C1O. The van der Waals surface area contributed by atoms with Crippen LogP contribution < -0.4 is 10.6 Å². The van der Waals surface area contributed by atoms with Gasteiger partial charge in [0.15, 0.2) is 6.29 Å². The third kappa shape index (κ3) is 5.14. The predicted octanol–water partition coefficient (Wildman–Crippen LogP) is -0.881. The van der Waals surface area contributed by atoms with E-state index in [-0.39, 0.29) is 30.2 Å². The summed E-state index contributed by atoms with van der Waals surface area (Å²) >= 11 is 0. The number of aliphatic hydroxyl groups is 3. The molecule has 0 aromatic heterocycles. The molecule has 7 atom stereocenters. The van der Waals surface area contributed by atoms with Gasteiger partial charge in [0, 0.05) is 18.4 Å². The van der Waals surface area contributed by atoms with Crippen molar-refractivity contribution >= 4 is 11.8 Å². The second-order valence-electron chi connectivity index (χ2n) is 6.44. The van der Waals surface area contributed by atoms with E-state index >= 15 is 0 Å². The van der Waals surface area contributed by atoms with Crippen LogP contribution in [-0.4, -0.2) is 64.3 Å². The fraction of sp³-hybridized carbons (Fsp3) is 0.875. The van der Waals surface area contributed by atoms with Crippen molar-refractivity contribution < 1.29 is 29.6 Å². The van der Waals surface area contributed by atoms with Gasteiger partial charge in [-0.3, -0.25) is 9.59 Å². The van der Waals surface area contributed by atoms with Crippen molar-refractivity contribution in [2.75, 3.05) is 6.54 Å². The highest BCUT2D eigenvalue weighted by Crippen LogP contribution is 2.20. The summed E-state index contributed by atoms with van der Waals surface area (Å²) in [6.45, 7) is 7.19. The van der Waals surface area contributed by atoms with Crippen LogP contribution in [0.5, 0.6) is 0 Å². The maximum absolute atomic E-state index is 11.9. The number of hydrogen-bond acceptors (Lipinski definition) is 6. The van der Waals surface area contributed by atoms with E-state index in [9.17, 15) is 24.9 Å². The molecule has 140 valence electrons. The smallest absolute Gasteiger partial charge is 0.223 e. The van der Waals surface area contributed by atoms with Crippen LogP contribution in [0.25, 0.3) is 0 Å². The lowest BCUT2D eigenvalue weighted by Crippen LogP contribution is -2.65. The zero-order chi connectivity index (χ0) is 18.4. The highest BCUT2D eigenvalue weighted by atomic mass is 16.6. The Kier molecular flexibility index (Phi) is 8.08. The van der Waals surface area contributed by atoms with Crippen LogP contribution in [0.15, 0.2) is 0 Å². The largest absolute Gasteiger partial charge is 0.388 e. The molecule has 0 aromatic carbocycles. The summed E-state index contributed by atoms with van der Waals surface area (Å²) < 4.78 is 5.28. The lowest BCUT2D eigenvalue weighted by molar-refractivity contribution is -0.246. The minimum atomic E-state index is -1.47. The average Bonchev–Trinajstić information content (AvgIpc) is 2.58. The molecule has 8 nitrogen and oxygen atoms in total. The van der Waals surface area contributed by atoms with Crippen molar-refractivity contribution in [2.45, 2.75) is 71.2 Å². The van der Waals surface area contributed by atoms with Crippen molar-refractivity contribution in [3.63, 3.8) is 0 Å². The van der Waals surface area contributed by atoms with Crippen LogP contribution in [0.2, 0.25) is 0 Å². The molecule has 0 aliphatic carbocycles. The monoisotopic (exact) mass is 346 g/mol. The van der Waals surface area contributed by atoms with Crippen molar-refractivity contribution in [3.8, 4) is 0 Å². The van der Waals surface area contributed by atoms with Gasteiger partial charge in [-0.15, -0.1) is 0 Å². The van der Waals surface area contributed by atoms with Crippen molar-refractivity contribution in [1.82, 2.24) is 10.6 Å². The first-order valence-corrected chi connectivity index (χ1v) is 8.50. The van der Waals surface area contributed by atoms with Crippen LogP contribution in [0.4, 0.5) is 0 Å². The van der Waals surface area contributed by atoms with Gasteiger partial charge in [0.1, 0.15) is 24.4 Å². The van der Waals surface area contributed by atoms with Gasteiger partial charge in [-0.2, -0.15) is 0 Å². The van der Waals surface area contributed by atoms with Crippen LogP contribution in [0.1, 0.15) is 40.5 Å². The van der Waals surface area contributed by atoms with Crippen molar-refractivity contribution in [3.05, 3.63) is 0 Å². The minimum Gasteiger partial charge on any atom is -0.388 e. The van der Waals surface area contributed by atoms with Gasteiger partial charge in [-0.1, -0.05) is 27.7 Å². The summed E-state index contributed by atoms with van der Waals surface area (Å²) in [4.78, 5) is 23.7. The van der Waals surface area contributed by atoms with Gasteiger partial charge in [0.05, 0.1) is 0 Å². The quantitative estimate of drug-likeness (QED) is 0.407. The second kappa shape index (κ2) is 9.31. The number of ether oxygens (including phenoxy) is 1. The lowest BCUT2D eigenvalue weighted by Gasteiger charge is -2.41. The van der Waals surface area contributed by atoms with Gasteiger partial charge in [-0.25, -0.2) is 0 Å². The zero-order valence-corrected chi connectivity index (χ0v) is 14.7. The molecule has 24 heavy (non-hydrogen) atoms. The van der Waals surface area contributed by atoms with E-state index in [1.165, 1.54) is 0 Å².